The van der Waals surface area contributed by atoms with Crippen LogP contribution >= 0.6 is 11.3 Å². The molecule has 1 fully saturated rings. The molecule has 1 amide bonds. The molecule has 3 aromatic heterocycles. The zero-order valence-electron chi connectivity index (χ0n) is 18.4. The molecule has 1 aliphatic rings. The van der Waals surface area contributed by atoms with Crippen LogP contribution in [0, 0.1) is 13.8 Å². The van der Waals surface area contributed by atoms with Crippen LogP contribution in [0.1, 0.15) is 51.8 Å². The van der Waals surface area contributed by atoms with Crippen molar-refractivity contribution < 1.29 is 4.79 Å². The zero-order valence-corrected chi connectivity index (χ0v) is 19.2. The number of hydrogen-bond acceptors (Lipinski definition) is 6. The van der Waals surface area contributed by atoms with Crippen LogP contribution in [0.2, 0.25) is 0 Å². The van der Waals surface area contributed by atoms with Gasteiger partial charge in [0.25, 0.3) is 5.56 Å². The molecule has 0 saturated carbocycles. The maximum atomic E-state index is 13.0. The fourth-order valence-electron chi connectivity index (χ4n) is 4.97. The summed E-state index contributed by atoms with van der Waals surface area (Å²) < 4.78 is 1.94. The van der Waals surface area contributed by atoms with Crippen LogP contribution < -0.4 is 16.2 Å². The van der Waals surface area contributed by atoms with Gasteiger partial charge >= 0.3 is 0 Å². The summed E-state index contributed by atoms with van der Waals surface area (Å²) >= 11 is 1.35. The summed E-state index contributed by atoms with van der Waals surface area (Å²) in [6.45, 7) is 12.5. The monoisotopic (exact) mass is 427 g/mol. The Morgan fingerprint density at radius 3 is 2.60 bits per heavy atom. The minimum absolute atomic E-state index is 0.0355. The van der Waals surface area contributed by atoms with Crippen molar-refractivity contribution in [3.05, 3.63) is 34.0 Å². The van der Waals surface area contributed by atoms with Crippen molar-refractivity contribution in [3.63, 3.8) is 0 Å². The highest BCUT2D eigenvalue weighted by Gasteiger charge is 2.38. The Morgan fingerprint density at radius 2 is 1.93 bits per heavy atom. The summed E-state index contributed by atoms with van der Waals surface area (Å²) in [7, 11) is 0. The summed E-state index contributed by atoms with van der Waals surface area (Å²) in [6, 6.07) is 2.06. The SMILES string of the molecule is Cc1cc(C)c2c(n1)sc1c(=O)n(CC(=O)NC3CC(C)(C)NC(C)(C)C3)cnc12. The normalized spacial score (nSPS) is 18.7. The Kier molecular flexibility index (Phi) is 4.97. The topological polar surface area (TPSA) is 88.9 Å². The first-order valence-electron chi connectivity index (χ1n) is 10.3. The third-order valence-corrected chi connectivity index (χ3v) is 6.67. The van der Waals surface area contributed by atoms with Gasteiger partial charge in [-0.2, -0.15) is 0 Å². The fourth-order valence-corrected chi connectivity index (χ4v) is 6.17. The third-order valence-electron chi connectivity index (χ3n) is 5.61. The predicted octanol–water partition coefficient (Wildman–Crippen LogP) is 3.05. The van der Waals surface area contributed by atoms with E-state index in [0.29, 0.717) is 10.2 Å². The number of thiophene rings is 1. The fraction of sp³-hybridized carbons (Fsp3) is 0.545. The van der Waals surface area contributed by atoms with E-state index in [2.05, 4.69) is 48.3 Å². The number of nitrogens with one attached hydrogen (secondary N) is 2. The number of hydrogen-bond donors (Lipinski definition) is 2. The molecule has 0 bridgehead atoms. The molecule has 7 nitrogen and oxygen atoms in total. The summed E-state index contributed by atoms with van der Waals surface area (Å²) in [5, 5.41) is 7.66. The first-order chi connectivity index (χ1) is 13.9. The van der Waals surface area contributed by atoms with Gasteiger partial charge in [0.1, 0.15) is 16.1 Å². The van der Waals surface area contributed by atoms with Gasteiger partial charge in [-0.05, 0) is 66.0 Å². The van der Waals surface area contributed by atoms with Gasteiger partial charge in [0.15, 0.2) is 0 Å². The summed E-state index contributed by atoms with van der Waals surface area (Å²) in [4.78, 5) is 35.7. The van der Waals surface area contributed by atoms with Gasteiger partial charge in [-0.1, -0.05) is 0 Å². The average Bonchev–Trinajstić information content (AvgIpc) is 2.93. The van der Waals surface area contributed by atoms with Crippen molar-refractivity contribution in [2.24, 2.45) is 0 Å². The Bertz CT molecular complexity index is 1190. The highest BCUT2D eigenvalue weighted by molar-refractivity contribution is 7.25. The summed E-state index contributed by atoms with van der Waals surface area (Å²) in [6.07, 6.45) is 3.16. The lowest BCUT2D eigenvalue weighted by atomic mass is 9.79. The third kappa shape index (κ3) is 3.98. The van der Waals surface area contributed by atoms with Crippen molar-refractivity contribution in [1.29, 1.82) is 0 Å². The molecule has 4 heterocycles. The molecule has 1 saturated heterocycles. The van der Waals surface area contributed by atoms with E-state index in [0.717, 1.165) is 34.3 Å². The molecule has 160 valence electrons. The van der Waals surface area contributed by atoms with Crippen LogP contribution in [0.15, 0.2) is 17.2 Å². The number of nitrogens with zero attached hydrogens (tertiary/aromatic N) is 3. The maximum Gasteiger partial charge on any atom is 0.271 e. The molecule has 1 aliphatic heterocycles. The highest BCUT2D eigenvalue weighted by Crippen LogP contribution is 2.32. The maximum absolute atomic E-state index is 13.0. The van der Waals surface area contributed by atoms with E-state index in [1.165, 1.54) is 22.2 Å². The highest BCUT2D eigenvalue weighted by atomic mass is 32.1. The first-order valence-corrected chi connectivity index (χ1v) is 11.1. The van der Waals surface area contributed by atoms with E-state index in [1.54, 1.807) is 0 Å². The number of amides is 1. The molecule has 0 spiro atoms. The largest absolute Gasteiger partial charge is 0.352 e. The number of carbonyl (C=O) groups excluding carboxylic acids is 1. The van der Waals surface area contributed by atoms with Gasteiger partial charge < -0.3 is 10.6 Å². The standard InChI is InChI=1S/C22H29N5O2S/c1-12-7-13(2)24-19-16(12)17-18(30-19)20(29)27(11-23-17)10-15(28)25-14-8-21(3,4)26-22(5,6)9-14/h7,11,14,26H,8-10H2,1-6H3,(H,25,28). The van der Waals surface area contributed by atoms with Gasteiger partial charge in [0, 0.05) is 28.2 Å². The Morgan fingerprint density at radius 1 is 1.27 bits per heavy atom. The number of carbonyl (C=O) groups is 1. The van der Waals surface area contributed by atoms with Crippen molar-refractivity contribution in [3.8, 4) is 0 Å². The molecule has 4 rings (SSSR count). The number of pyridine rings is 1. The second kappa shape index (κ2) is 7.13. The second-order valence-corrected chi connectivity index (χ2v) is 10.8. The van der Waals surface area contributed by atoms with Crippen molar-refractivity contribution in [2.75, 3.05) is 0 Å². The number of aromatic nitrogens is 3. The van der Waals surface area contributed by atoms with Crippen molar-refractivity contribution in [2.45, 2.75) is 78.0 Å². The van der Waals surface area contributed by atoms with Gasteiger partial charge in [-0.3, -0.25) is 14.2 Å². The van der Waals surface area contributed by atoms with Gasteiger partial charge in [0.05, 0.1) is 11.8 Å². The molecule has 0 aromatic carbocycles. The van der Waals surface area contributed by atoms with E-state index >= 15 is 0 Å². The molecular formula is C22H29N5O2S. The van der Waals surface area contributed by atoms with E-state index in [4.69, 9.17) is 0 Å². The summed E-state index contributed by atoms with van der Waals surface area (Å²) in [5.74, 6) is -0.164. The van der Waals surface area contributed by atoms with Crippen molar-refractivity contribution >= 4 is 37.7 Å². The lowest BCUT2D eigenvalue weighted by Crippen LogP contribution is -2.62. The quantitative estimate of drug-likeness (QED) is 0.671. The molecule has 0 atom stereocenters. The van der Waals surface area contributed by atoms with Crippen LogP contribution in [-0.4, -0.2) is 37.6 Å². The second-order valence-electron chi connectivity index (χ2n) is 9.78. The van der Waals surface area contributed by atoms with Crippen LogP contribution in [0.3, 0.4) is 0 Å². The zero-order chi connectivity index (χ0) is 21.8. The average molecular weight is 428 g/mol. The van der Waals surface area contributed by atoms with E-state index in [1.807, 2.05) is 19.9 Å². The smallest absolute Gasteiger partial charge is 0.271 e. The van der Waals surface area contributed by atoms with E-state index < -0.39 is 0 Å². The van der Waals surface area contributed by atoms with E-state index in [9.17, 15) is 9.59 Å². The molecule has 8 heteroatoms. The molecule has 0 aliphatic carbocycles. The Hall–Kier alpha value is -2.32. The van der Waals surface area contributed by atoms with E-state index in [-0.39, 0.29) is 35.1 Å². The molecule has 0 radical (unpaired) electrons. The number of piperidine rings is 1. The van der Waals surface area contributed by atoms with Gasteiger partial charge in [0.2, 0.25) is 5.91 Å². The van der Waals surface area contributed by atoms with Crippen LogP contribution in [0.25, 0.3) is 20.4 Å². The molecular weight excluding hydrogens is 398 g/mol. The molecule has 0 unspecified atom stereocenters. The molecule has 2 N–H and O–H groups in total. The lowest BCUT2D eigenvalue weighted by molar-refractivity contribution is -0.123. The molecule has 3 aromatic rings. The Labute approximate surface area is 179 Å². The predicted molar refractivity (Wildman–Crippen MR) is 121 cm³/mol. The van der Waals surface area contributed by atoms with Crippen LogP contribution in [0.4, 0.5) is 0 Å². The van der Waals surface area contributed by atoms with Crippen molar-refractivity contribution in [1.82, 2.24) is 25.2 Å². The summed E-state index contributed by atoms with van der Waals surface area (Å²) in [5.41, 5.74) is 2.33. The van der Waals surface area contributed by atoms with Crippen LogP contribution in [0.5, 0.6) is 0 Å². The molecule has 30 heavy (non-hydrogen) atoms. The number of aryl methyl sites for hydroxylation is 2. The minimum Gasteiger partial charge on any atom is -0.352 e. The van der Waals surface area contributed by atoms with Gasteiger partial charge in [-0.15, -0.1) is 11.3 Å². The van der Waals surface area contributed by atoms with Crippen LogP contribution in [-0.2, 0) is 11.3 Å². The van der Waals surface area contributed by atoms with Gasteiger partial charge in [-0.25, -0.2) is 9.97 Å². The minimum atomic E-state index is -0.193. The lowest BCUT2D eigenvalue weighted by Gasteiger charge is -2.46. The Balaban J connectivity index is 1.59. The number of rotatable bonds is 3. The number of fused-ring (bicyclic) bond motifs is 3. The first kappa shape index (κ1) is 20.9.